The number of carbonyl (C=O) groups is 1. The molecule has 2 N–H and O–H groups in total. The van der Waals surface area contributed by atoms with Crippen molar-refractivity contribution in [2.24, 2.45) is 5.73 Å². The first kappa shape index (κ1) is 14.8. The Morgan fingerprint density at radius 1 is 1.05 bits per heavy atom. The zero-order valence-corrected chi connectivity index (χ0v) is 13.0. The van der Waals surface area contributed by atoms with Gasteiger partial charge < -0.3 is 10.6 Å². The van der Waals surface area contributed by atoms with Crippen LogP contribution in [-0.2, 0) is 10.2 Å². The number of nitrogens with two attached hydrogens (primary N) is 1. The van der Waals surface area contributed by atoms with Crippen molar-refractivity contribution in [1.82, 2.24) is 0 Å². The van der Waals surface area contributed by atoms with Crippen LogP contribution in [0, 0.1) is 0 Å². The molecule has 1 atom stereocenters. The van der Waals surface area contributed by atoms with E-state index in [-0.39, 0.29) is 5.91 Å². The van der Waals surface area contributed by atoms with Crippen LogP contribution < -0.4 is 10.6 Å². The number of hydrogen-bond acceptors (Lipinski definition) is 2. The van der Waals surface area contributed by atoms with Gasteiger partial charge in [-0.2, -0.15) is 0 Å². The zero-order chi connectivity index (χ0) is 15.6. The third-order valence-electron chi connectivity index (χ3n) is 4.51. The van der Waals surface area contributed by atoms with Gasteiger partial charge in [-0.15, -0.1) is 0 Å². The number of carbonyl (C=O) groups excluding carboxylic acids is 1. The number of anilines is 1. The summed E-state index contributed by atoms with van der Waals surface area (Å²) >= 11 is 0. The molecule has 1 unspecified atom stereocenters. The number of fused-ring (bicyclic) bond motifs is 1. The Bertz CT molecular complexity index is 668. The third kappa shape index (κ3) is 2.04. The molecule has 0 saturated carbocycles. The van der Waals surface area contributed by atoms with Crippen molar-refractivity contribution >= 4 is 11.6 Å². The molecule has 0 aromatic heterocycles. The van der Waals surface area contributed by atoms with Crippen LogP contribution in [0.4, 0.5) is 5.69 Å². The SMILES string of the molecule is CCCC1(c2ccccc2)C(=O)N(CCN)c2ccccc21. The van der Waals surface area contributed by atoms with E-state index in [1.165, 1.54) is 0 Å². The molecule has 1 amide bonds. The van der Waals surface area contributed by atoms with Gasteiger partial charge in [-0.05, 0) is 23.6 Å². The topological polar surface area (TPSA) is 46.3 Å². The number of para-hydroxylation sites is 1. The molecule has 2 aromatic carbocycles. The first-order valence-corrected chi connectivity index (χ1v) is 7.92. The van der Waals surface area contributed by atoms with Gasteiger partial charge >= 0.3 is 0 Å². The monoisotopic (exact) mass is 294 g/mol. The maximum atomic E-state index is 13.3. The minimum atomic E-state index is -0.568. The summed E-state index contributed by atoms with van der Waals surface area (Å²) < 4.78 is 0. The van der Waals surface area contributed by atoms with Crippen molar-refractivity contribution in [3.63, 3.8) is 0 Å². The molecular weight excluding hydrogens is 272 g/mol. The molecule has 0 bridgehead atoms. The molecule has 3 nitrogen and oxygen atoms in total. The number of benzene rings is 2. The normalized spacial score (nSPS) is 20.3. The van der Waals surface area contributed by atoms with E-state index in [9.17, 15) is 4.79 Å². The third-order valence-corrected chi connectivity index (χ3v) is 4.51. The van der Waals surface area contributed by atoms with E-state index in [1.54, 1.807) is 0 Å². The maximum Gasteiger partial charge on any atom is 0.242 e. The second kappa shape index (κ2) is 5.93. The first-order valence-electron chi connectivity index (χ1n) is 7.92. The Kier molecular flexibility index (Phi) is 3.99. The Morgan fingerprint density at radius 3 is 2.41 bits per heavy atom. The van der Waals surface area contributed by atoms with Crippen LogP contribution in [0.2, 0.25) is 0 Å². The molecule has 3 rings (SSSR count). The second-order valence-corrected chi connectivity index (χ2v) is 5.78. The Morgan fingerprint density at radius 2 is 1.73 bits per heavy atom. The summed E-state index contributed by atoms with van der Waals surface area (Å²) in [4.78, 5) is 15.2. The van der Waals surface area contributed by atoms with E-state index in [2.05, 4.69) is 25.1 Å². The zero-order valence-electron chi connectivity index (χ0n) is 13.0. The van der Waals surface area contributed by atoms with E-state index in [0.717, 1.165) is 29.7 Å². The molecule has 2 aromatic rings. The van der Waals surface area contributed by atoms with Gasteiger partial charge in [0, 0.05) is 18.8 Å². The minimum absolute atomic E-state index is 0.159. The van der Waals surface area contributed by atoms with Crippen LogP contribution in [-0.4, -0.2) is 19.0 Å². The molecule has 1 heterocycles. The van der Waals surface area contributed by atoms with Crippen LogP contribution in [0.15, 0.2) is 54.6 Å². The number of rotatable bonds is 5. The fraction of sp³-hybridized carbons (Fsp3) is 0.316. The Labute approximate surface area is 131 Å². The van der Waals surface area contributed by atoms with Crippen LogP contribution in [0.5, 0.6) is 0 Å². The van der Waals surface area contributed by atoms with Gasteiger partial charge in [0.2, 0.25) is 5.91 Å². The van der Waals surface area contributed by atoms with Crippen molar-refractivity contribution in [3.05, 3.63) is 65.7 Å². The molecule has 0 spiro atoms. The van der Waals surface area contributed by atoms with Gasteiger partial charge in [0.1, 0.15) is 5.41 Å². The lowest BCUT2D eigenvalue weighted by Crippen LogP contribution is -2.43. The smallest absolute Gasteiger partial charge is 0.242 e. The summed E-state index contributed by atoms with van der Waals surface area (Å²) in [7, 11) is 0. The van der Waals surface area contributed by atoms with Gasteiger partial charge in [0.05, 0.1) is 0 Å². The van der Waals surface area contributed by atoms with Crippen LogP contribution in [0.1, 0.15) is 30.9 Å². The molecule has 1 aliphatic rings. The average molecular weight is 294 g/mol. The van der Waals surface area contributed by atoms with E-state index >= 15 is 0 Å². The minimum Gasteiger partial charge on any atom is -0.329 e. The van der Waals surface area contributed by atoms with Crippen molar-refractivity contribution in [1.29, 1.82) is 0 Å². The highest BCUT2D eigenvalue weighted by Gasteiger charge is 2.50. The van der Waals surface area contributed by atoms with Gasteiger partial charge in [-0.1, -0.05) is 61.9 Å². The molecule has 0 fully saturated rings. The van der Waals surface area contributed by atoms with Gasteiger partial charge in [0.25, 0.3) is 0 Å². The van der Waals surface area contributed by atoms with E-state index in [1.807, 2.05) is 41.3 Å². The molecule has 0 aliphatic carbocycles. The first-order chi connectivity index (χ1) is 10.8. The highest BCUT2D eigenvalue weighted by molar-refractivity contribution is 6.10. The quantitative estimate of drug-likeness (QED) is 0.921. The van der Waals surface area contributed by atoms with Crippen LogP contribution in [0.25, 0.3) is 0 Å². The van der Waals surface area contributed by atoms with Crippen molar-refractivity contribution < 1.29 is 4.79 Å². The highest BCUT2D eigenvalue weighted by Crippen LogP contribution is 2.48. The summed E-state index contributed by atoms with van der Waals surface area (Å²) in [5.74, 6) is 0.159. The average Bonchev–Trinajstić information content (AvgIpc) is 2.80. The van der Waals surface area contributed by atoms with Crippen LogP contribution in [0.3, 0.4) is 0 Å². The second-order valence-electron chi connectivity index (χ2n) is 5.78. The van der Waals surface area contributed by atoms with E-state index in [4.69, 9.17) is 5.73 Å². The maximum absolute atomic E-state index is 13.3. The molecule has 0 saturated heterocycles. The van der Waals surface area contributed by atoms with Crippen molar-refractivity contribution in [3.8, 4) is 0 Å². The fourth-order valence-corrected chi connectivity index (χ4v) is 3.64. The van der Waals surface area contributed by atoms with Crippen LogP contribution >= 0.6 is 0 Å². The number of hydrogen-bond donors (Lipinski definition) is 1. The standard InChI is InChI=1S/C19H22N2O/c1-2-12-19(15-8-4-3-5-9-15)16-10-6-7-11-17(16)21(14-13-20)18(19)22/h3-11H,2,12-14,20H2,1H3. The highest BCUT2D eigenvalue weighted by atomic mass is 16.2. The summed E-state index contributed by atoms with van der Waals surface area (Å²) in [6, 6.07) is 18.3. The summed E-state index contributed by atoms with van der Waals surface area (Å²) in [6.45, 7) is 3.16. The van der Waals surface area contributed by atoms with Gasteiger partial charge in [-0.25, -0.2) is 0 Å². The number of nitrogens with zero attached hydrogens (tertiary/aromatic N) is 1. The molecule has 3 heteroatoms. The molecule has 114 valence electrons. The molecule has 1 aliphatic heterocycles. The summed E-state index contributed by atoms with van der Waals surface area (Å²) in [5.41, 5.74) is 8.37. The lowest BCUT2D eigenvalue weighted by atomic mass is 9.72. The van der Waals surface area contributed by atoms with Crippen molar-refractivity contribution in [2.75, 3.05) is 18.0 Å². The lowest BCUT2D eigenvalue weighted by Gasteiger charge is -2.29. The van der Waals surface area contributed by atoms with Crippen molar-refractivity contribution in [2.45, 2.75) is 25.2 Å². The van der Waals surface area contributed by atoms with E-state index in [0.29, 0.717) is 13.1 Å². The van der Waals surface area contributed by atoms with Gasteiger partial charge in [-0.3, -0.25) is 4.79 Å². The largest absolute Gasteiger partial charge is 0.329 e. The molecule has 22 heavy (non-hydrogen) atoms. The van der Waals surface area contributed by atoms with Gasteiger partial charge in [0.15, 0.2) is 0 Å². The predicted octanol–water partition coefficient (Wildman–Crippen LogP) is 3.08. The number of amides is 1. The lowest BCUT2D eigenvalue weighted by molar-refractivity contribution is -0.122. The Balaban J connectivity index is 2.24. The molecular formula is C19H22N2O. The molecule has 0 radical (unpaired) electrons. The summed E-state index contributed by atoms with van der Waals surface area (Å²) in [6.07, 6.45) is 1.76. The van der Waals surface area contributed by atoms with E-state index < -0.39 is 5.41 Å². The Hall–Kier alpha value is -2.13. The summed E-state index contributed by atoms with van der Waals surface area (Å²) in [5, 5.41) is 0. The fourth-order valence-electron chi connectivity index (χ4n) is 3.64. The predicted molar refractivity (Wildman–Crippen MR) is 90.0 cm³/mol.